The van der Waals surface area contributed by atoms with Gasteiger partial charge < -0.3 is 15.6 Å². The molecule has 1 saturated carbocycles. The first-order valence-corrected chi connectivity index (χ1v) is 6.56. The van der Waals surface area contributed by atoms with Crippen LogP contribution >= 0.6 is 0 Å². The van der Waals surface area contributed by atoms with Gasteiger partial charge in [-0.2, -0.15) is 0 Å². The number of nitrogens with two attached hydrogens (primary N) is 1. The Morgan fingerprint density at radius 1 is 1.28 bits per heavy atom. The maximum Gasteiger partial charge on any atom is 0.125 e. The Hall–Kier alpha value is -1.06. The predicted octanol–water partition coefficient (Wildman–Crippen LogP) is 2.09. The van der Waals surface area contributed by atoms with Gasteiger partial charge in [0.15, 0.2) is 0 Å². The molecule has 3 N–H and O–H groups in total. The zero-order chi connectivity index (χ0) is 13.3. The van der Waals surface area contributed by atoms with Crippen LogP contribution in [0.3, 0.4) is 0 Å². The number of hydrogen-bond acceptors (Lipinski definition) is 3. The van der Waals surface area contributed by atoms with Crippen LogP contribution in [0.4, 0.5) is 0 Å². The van der Waals surface area contributed by atoms with Gasteiger partial charge in [0, 0.05) is 0 Å². The Labute approximate surface area is 109 Å². The molecule has 1 aliphatic carbocycles. The normalized spacial score (nSPS) is 18.5. The van der Waals surface area contributed by atoms with Crippen molar-refractivity contribution in [3.63, 3.8) is 0 Å². The molecular formula is C15H23NO2. The molecule has 0 heterocycles. The Morgan fingerprint density at radius 2 is 1.83 bits per heavy atom. The highest BCUT2D eigenvalue weighted by Gasteiger charge is 2.42. The molecule has 3 heteroatoms. The van der Waals surface area contributed by atoms with E-state index in [-0.39, 0.29) is 6.61 Å². The molecule has 0 aliphatic heterocycles. The average molecular weight is 249 g/mol. The number of ether oxygens (including phenoxy) is 1. The van der Waals surface area contributed by atoms with E-state index < -0.39 is 5.54 Å². The lowest BCUT2D eigenvalue weighted by atomic mass is 9.97. The predicted molar refractivity (Wildman–Crippen MR) is 72.9 cm³/mol. The molecule has 0 aromatic heterocycles. The van der Waals surface area contributed by atoms with E-state index in [9.17, 15) is 5.11 Å². The van der Waals surface area contributed by atoms with Crippen molar-refractivity contribution < 1.29 is 9.84 Å². The lowest BCUT2D eigenvalue weighted by molar-refractivity contribution is 0.116. The van der Waals surface area contributed by atoms with Crippen LogP contribution in [-0.2, 0) is 0 Å². The van der Waals surface area contributed by atoms with Crippen molar-refractivity contribution in [1.82, 2.24) is 0 Å². The van der Waals surface area contributed by atoms with Crippen molar-refractivity contribution in [2.24, 2.45) is 11.7 Å². The van der Waals surface area contributed by atoms with Gasteiger partial charge in [-0.15, -0.1) is 0 Å². The minimum absolute atomic E-state index is 0.0123. The van der Waals surface area contributed by atoms with Crippen molar-refractivity contribution in [2.45, 2.75) is 39.2 Å². The van der Waals surface area contributed by atoms with Crippen LogP contribution in [-0.4, -0.2) is 23.9 Å². The lowest BCUT2D eigenvalue weighted by Gasteiger charge is -2.28. The highest BCUT2D eigenvalue weighted by Crippen LogP contribution is 2.38. The summed E-state index contributed by atoms with van der Waals surface area (Å²) in [5.74, 6) is 1.32. The maximum absolute atomic E-state index is 9.45. The SMILES string of the molecule is Cc1cc(C)c(OCC(N)(CO)C2CC2)c(C)c1. The zero-order valence-electron chi connectivity index (χ0n) is 11.5. The van der Waals surface area contributed by atoms with E-state index >= 15 is 0 Å². The largest absolute Gasteiger partial charge is 0.491 e. The van der Waals surface area contributed by atoms with E-state index in [1.54, 1.807) is 0 Å². The summed E-state index contributed by atoms with van der Waals surface area (Å²) in [6.07, 6.45) is 2.21. The van der Waals surface area contributed by atoms with Crippen LogP contribution in [0, 0.1) is 26.7 Å². The molecule has 0 saturated heterocycles. The van der Waals surface area contributed by atoms with E-state index in [1.807, 2.05) is 13.8 Å². The molecule has 18 heavy (non-hydrogen) atoms. The molecule has 0 spiro atoms. The summed E-state index contributed by atoms with van der Waals surface area (Å²) in [5.41, 5.74) is 9.12. The number of aliphatic hydroxyl groups excluding tert-OH is 1. The molecule has 0 amide bonds. The van der Waals surface area contributed by atoms with E-state index in [0.717, 1.165) is 29.7 Å². The van der Waals surface area contributed by atoms with E-state index in [4.69, 9.17) is 10.5 Å². The minimum atomic E-state index is -0.580. The number of rotatable bonds is 5. The maximum atomic E-state index is 9.45. The summed E-state index contributed by atoms with van der Waals surface area (Å²) < 4.78 is 5.89. The zero-order valence-corrected chi connectivity index (χ0v) is 11.5. The Bertz CT molecular complexity index is 417. The van der Waals surface area contributed by atoms with Crippen LogP contribution in [0.15, 0.2) is 12.1 Å². The second kappa shape index (κ2) is 4.90. The van der Waals surface area contributed by atoms with Crippen LogP contribution in [0.2, 0.25) is 0 Å². The molecule has 1 atom stereocenters. The summed E-state index contributed by atoms with van der Waals surface area (Å²) in [7, 11) is 0. The molecule has 1 aliphatic rings. The van der Waals surface area contributed by atoms with Gasteiger partial charge in [0.25, 0.3) is 0 Å². The smallest absolute Gasteiger partial charge is 0.125 e. The fourth-order valence-electron chi connectivity index (χ4n) is 2.55. The molecule has 3 nitrogen and oxygen atoms in total. The van der Waals surface area contributed by atoms with E-state index in [1.165, 1.54) is 5.56 Å². The van der Waals surface area contributed by atoms with Gasteiger partial charge in [-0.25, -0.2) is 0 Å². The van der Waals surface area contributed by atoms with Crippen LogP contribution in [0.25, 0.3) is 0 Å². The van der Waals surface area contributed by atoms with Crippen molar-refractivity contribution in [3.8, 4) is 5.75 Å². The monoisotopic (exact) mass is 249 g/mol. The summed E-state index contributed by atoms with van der Waals surface area (Å²) in [6, 6.07) is 4.22. The average Bonchev–Trinajstić information content (AvgIpc) is 3.11. The third-order valence-electron chi connectivity index (χ3n) is 3.77. The third-order valence-corrected chi connectivity index (χ3v) is 3.77. The molecule has 1 unspecified atom stereocenters. The third kappa shape index (κ3) is 2.68. The highest BCUT2D eigenvalue weighted by atomic mass is 16.5. The van der Waals surface area contributed by atoms with Crippen molar-refractivity contribution >= 4 is 0 Å². The van der Waals surface area contributed by atoms with Gasteiger partial charge in [0.05, 0.1) is 12.1 Å². The van der Waals surface area contributed by atoms with Gasteiger partial charge in [-0.1, -0.05) is 17.7 Å². The fraction of sp³-hybridized carbons (Fsp3) is 0.600. The molecule has 0 bridgehead atoms. The molecular weight excluding hydrogens is 226 g/mol. The minimum Gasteiger partial charge on any atom is -0.491 e. The van der Waals surface area contributed by atoms with Gasteiger partial charge in [-0.05, 0) is 50.7 Å². The van der Waals surface area contributed by atoms with Gasteiger partial charge in [0.1, 0.15) is 12.4 Å². The van der Waals surface area contributed by atoms with E-state index in [2.05, 4.69) is 19.1 Å². The number of hydrogen-bond donors (Lipinski definition) is 2. The summed E-state index contributed by atoms with van der Waals surface area (Å²) in [4.78, 5) is 0. The Balaban J connectivity index is 2.10. The molecule has 0 radical (unpaired) electrons. The first-order valence-electron chi connectivity index (χ1n) is 6.56. The van der Waals surface area contributed by atoms with E-state index in [0.29, 0.717) is 12.5 Å². The van der Waals surface area contributed by atoms with Crippen molar-refractivity contribution in [1.29, 1.82) is 0 Å². The molecule has 1 aromatic rings. The second-order valence-electron chi connectivity index (χ2n) is 5.68. The van der Waals surface area contributed by atoms with Crippen LogP contribution < -0.4 is 10.5 Å². The first-order chi connectivity index (χ1) is 8.46. The first kappa shape index (κ1) is 13.4. The summed E-state index contributed by atoms with van der Waals surface area (Å²) in [6.45, 7) is 6.54. The van der Waals surface area contributed by atoms with Crippen LogP contribution in [0.1, 0.15) is 29.5 Å². The van der Waals surface area contributed by atoms with Gasteiger partial charge >= 0.3 is 0 Å². The lowest BCUT2D eigenvalue weighted by Crippen LogP contribution is -2.51. The summed E-state index contributed by atoms with van der Waals surface area (Å²) >= 11 is 0. The standard InChI is InChI=1S/C15H23NO2/c1-10-6-11(2)14(12(3)7-10)18-9-15(16,8-17)13-4-5-13/h6-7,13,17H,4-5,8-9,16H2,1-3H3. The summed E-state index contributed by atoms with van der Waals surface area (Å²) in [5, 5.41) is 9.45. The number of aryl methyl sites for hydroxylation is 3. The molecule has 1 fully saturated rings. The van der Waals surface area contributed by atoms with Gasteiger partial charge in [0.2, 0.25) is 0 Å². The molecule has 2 rings (SSSR count). The van der Waals surface area contributed by atoms with Gasteiger partial charge in [-0.3, -0.25) is 0 Å². The Kier molecular flexibility index (Phi) is 3.64. The van der Waals surface area contributed by atoms with Crippen molar-refractivity contribution in [2.75, 3.05) is 13.2 Å². The Morgan fingerprint density at radius 3 is 2.28 bits per heavy atom. The quantitative estimate of drug-likeness (QED) is 0.840. The topological polar surface area (TPSA) is 55.5 Å². The van der Waals surface area contributed by atoms with Crippen molar-refractivity contribution in [3.05, 3.63) is 28.8 Å². The molecule has 1 aromatic carbocycles. The molecule has 100 valence electrons. The highest BCUT2D eigenvalue weighted by molar-refractivity contribution is 5.43. The number of benzene rings is 1. The fourth-order valence-corrected chi connectivity index (χ4v) is 2.55. The number of aliphatic hydroxyl groups is 1. The second-order valence-corrected chi connectivity index (χ2v) is 5.68. The van der Waals surface area contributed by atoms with Crippen LogP contribution in [0.5, 0.6) is 5.75 Å².